The molecule has 0 spiro atoms. The number of carbonyl (C=O) groups excluding carboxylic acids is 1. The maximum absolute atomic E-state index is 11.4. The summed E-state index contributed by atoms with van der Waals surface area (Å²) >= 11 is 5.72. The SMILES string of the molecule is CC1C=C(NC(=O)C(C)Cl)CC(C)(C)C1. The molecule has 0 radical (unpaired) electrons. The van der Waals surface area contributed by atoms with Crippen LogP contribution in [-0.4, -0.2) is 11.3 Å². The monoisotopic (exact) mass is 229 g/mol. The Hall–Kier alpha value is -0.500. The summed E-state index contributed by atoms with van der Waals surface area (Å²) in [5, 5.41) is 2.43. The molecule has 0 aromatic rings. The highest BCUT2D eigenvalue weighted by Gasteiger charge is 2.27. The van der Waals surface area contributed by atoms with Crippen molar-refractivity contribution in [3.05, 3.63) is 11.8 Å². The van der Waals surface area contributed by atoms with E-state index in [1.165, 1.54) is 6.42 Å². The van der Waals surface area contributed by atoms with Crippen LogP contribution in [0.1, 0.15) is 40.5 Å². The van der Waals surface area contributed by atoms with Gasteiger partial charge in [-0.3, -0.25) is 4.79 Å². The summed E-state index contributed by atoms with van der Waals surface area (Å²) < 4.78 is 0. The molecular weight excluding hydrogens is 210 g/mol. The van der Waals surface area contributed by atoms with Crippen molar-refractivity contribution >= 4 is 17.5 Å². The molecular formula is C12H20ClNO. The second kappa shape index (κ2) is 4.56. The number of alkyl halides is 1. The Morgan fingerprint density at radius 1 is 1.67 bits per heavy atom. The molecule has 1 aliphatic carbocycles. The third-order valence-corrected chi connectivity index (χ3v) is 2.87. The standard InChI is InChI=1S/C12H20ClNO/c1-8-5-10(7-12(3,4)6-8)14-11(15)9(2)13/h5,8-9H,6-7H2,1-4H3,(H,14,15). The van der Waals surface area contributed by atoms with Crippen LogP contribution in [0, 0.1) is 11.3 Å². The average Bonchev–Trinajstić information content (AvgIpc) is 1.99. The maximum atomic E-state index is 11.4. The Morgan fingerprint density at radius 3 is 2.73 bits per heavy atom. The number of rotatable bonds is 2. The summed E-state index contributed by atoms with van der Waals surface area (Å²) in [6.07, 6.45) is 4.23. The predicted octanol–water partition coefficient (Wildman–Crippen LogP) is 3.07. The van der Waals surface area contributed by atoms with E-state index in [2.05, 4.69) is 32.2 Å². The van der Waals surface area contributed by atoms with Crippen LogP contribution in [0.3, 0.4) is 0 Å². The van der Waals surface area contributed by atoms with Crippen molar-refractivity contribution in [3.63, 3.8) is 0 Å². The van der Waals surface area contributed by atoms with Gasteiger partial charge in [0.25, 0.3) is 0 Å². The minimum Gasteiger partial charge on any atom is -0.329 e. The van der Waals surface area contributed by atoms with Gasteiger partial charge in [0.15, 0.2) is 0 Å². The molecule has 0 saturated carbocycles. The molecule has 1 rings (SSSR count). The zero-order chi connectivity index (χ0) is 11.6. The minimum atomic E-state index is -0.466. The Balaban J connectivity index is 2.66. The van der Waals surface area contributed by atoms with Gasteiger partial charge in [-0.15, -0.1) is 11.6 Å². The largest absolute Gasteiger partial charge is 0.329 e. The summed E-state index contributed by atoms with van der Waals surface area (Å²) in [5.74, 6) is 0.419. The summed E-state index contributed by atoms with van der Waals surface area (Å²) in [4.78, 5) is 11.4. The number of hydrogen-bond donors (Lipinski definition) is 1. The van der Waals surface area contributed by atoms with Crippen LogP contribution in [0.4, 0.5) is 0 Å². The van der Waals surface area contributed by atoms with Crippen molar-refractivity contribution in [1.29, 1.82) is 0 Å². The van der Waals surface area contributed by atoms with Gasteiger partial charge < -0.3 is 5.32 Å². The van der Waals surface area contributed by atoms with E-state index >= 15 is 0 Å². The van der Waals surface area contributed by atoms with Crippen LogP contribution in [0.2, 0.25) is 0 Å². The zero-order valence-corrected chi connectivity index (χ0v) is 10.7. The molecule has 3 heteroatoms. The van der Waals surface area contributed by atoms with Crippen molar-refractivity contribution < 1.29 is 4.79 Å². The van der Waals surface area contributed by atoms with Gasteiger partial charge in [-0.05, 0) is 31.1 Å². The molecule has 2 unspecified atom stereocenters. The number of amides is 1. The number of hydrogen-bond acceptors (Lipinski definition) is 1. The van der Waals surface area contributed by atoms with Crippen molar-refractivity contribution in [3.8, 4) is 0 Å². The van der Waals surface area contributed by atoms with Crippen molar-refractivity contribution in [1.82, 2.24) is 5.32 Å². The molecule has 2 atom stereocenters. The van der Waals surface area contributed by atoms with Gasteiger partial charge in [0.05, 0.1) is 0 Å². The lowest BCUT2D eigenvalue weighted by Gasteiger charge is -2.33. The molecule has 0 aliphatic heterocycles. The lowest BCUT2D eigenvalue weighted by atomic mass is 9.75. The molecule has 0 bridgehead atoms. The van der Waals surface area contributed by atoms with Gasteiger partial charge in [0, 0.05) is 5.70 Å². The number of nitrogens with one attached hydrogen (secondary N) is 1. The molecule has 0 fully saturated rings. The van der Waals surface area contributed by atoms with Gasteiger partial charge in [0.1, 0.15) is 5.38 Å². The minimum absolute atomic E-state index is 0.104. The quantitative estimate of drug-likeness (QED) is 0.725. The van der Waals surface area contributed by atoms with Crippen LogP contribution in [-0.2, 0) is 4.79 Å². The van der Waals surface area contributed by atoms with Crippen molar-refractivity contribution in [2.75, 3.05) is 0 Å². The number of halogens is 1. The van der Waals surface area contributed by atoms with Crippen molar-refractivity contribution in [2.45, 2.75) is 45.9 Å². The third kappa shape index (κ3) is 3.86. The molecule has 0 aromatic carbocycles. The van der Waals surface area contributed by atoms with Gasteiger partial charge in [-0.1, -0.05) is 26.8 Å². The second-order valence-corrected chi connectivity index (χ2v) is 5.97. The predicted molar refractivity (Wildman–Crippen MR) is 63.7 cm³/mol. The Bertz CT molecular complexity index is 281. The fraction of sp³-hybridized carbons (Fsp3) is 0.750. The Kier molecular flexibility index (Phi) is 3.82. The van der Waals surface area contributed by atoms with Crippen LogP contribution < -0.4 is 5.32 Å². The number of carbonyl (C=O) groups is 1. The van der Waals surface area contributed by atoms with Crippen LogP contribution in [0.15, 0.2) is 11.8 Å². The highest BCUT2D eigenvalue weighted by atomic mass is 35.5. The zero-order valence-electron chi connectivity index (χ0n) is 9.93. The van der Waals surface area contributed by atoms with Crippen LogP contribution in [0.5, 0.6) is 0 Å². The average molecular weight is 230 g/mol. The normalized spacial score (nSPS) is 26.7. The van der Waals surface area contributed by atoms with E-state index in [0.29, 0.717) is 5.92 Å². The Morgan fingerprint density at radius 2 is 2.27 bits per heavy atom. The first-order valence-electron chi connectivity index (χ1n) is 5.46. The summed E-state index contributed by atoms with van der Waals surface area (Å²) in [6, 6.07) is 0. The van der Waals surface area contributed by atoms with E-state index < -0.39 is 5.38 Å². The molecule has 15 heavy (non-hydrogen) atoms. The molecule has 1 aliphatic rings. The summed E-state index contributed by atoms with van der Waals surface area (Å²) in [6.45, 7) is 8.32. The summed E-state index contributed by atoms with van der Waals surface area (Å²) in [5.41, 5.74) is 1.29. The molecule has 1 N–H and O–H groups in total. The highest BCUT2D eigenvalue weighted by molar-refractivity contribution is 6.30. The fourth-order valence-corrected chi connectivity index (χ4v) is 2.32. The maximum Gasteiger partial charge on any atom is 0.241 e. The molecule has 0 heterocycles. The first kappa shape index (κ1) is 12.6. The molecule has 1 amide bonds. The number of allylic oxidation sites excluding steroid dienone is 2. The van der Waals surface area contributed by atoms with E-state index in [9.17, 15) is 4.79 Å². The van der Waals surface area contributed by atoms with Gasteiger partial charge >= 0.3 is 0 Å². The van der Waals surface area contributed by atoms with Gasteiger partial charge in [-0.25, -0.2) is 0 Å². The lowest BCUT2D eigenvalue weighted by Crippen LogP contribution is -2.33. The third-order valence-electron chi connectivity index (χ3n) is 2.67. The molecule has 0 saturated heterocycles. The first-order chi connectivity index (χ1) is 6.80. The first-order valence-corrected chi connectivity index (χ1v) is 5.89. The Labute approximate surface area is 97.1 Å². The van der Waals surface area contributed by atoms with E-state index in [-0.39, 0.29) is 11.3 Å². The highest BCUT2D eigenvalue weighted by Crippen LogP contribution is 2.36. The van der Waals surface area contributed by atoms with E-state index in [1.54, 1.807) is 6.92 Å². The van der Waals surface area contributed by atoms with E-state index in [0.717, 1.165) is 12.1 Å². The van der Waals surface area contributed by atoms with Crippen molar-refractivity contribution in [2.24, 2.45) is 11.3 Å². The molecule has 2 nitrogen and oxygen atoms in total. The second-order valence-electron chi connectivity index (χ2n) is 5.32. The molecule has 86 valence electrons. The van der Waals surface area contributed by atoms with Gasteiger partial charge in [-0.2, -0.15) is 0 Å². The van der Waals surface area contributed by atoms with Crippen LogP contribution in [0.25, 0.3) is 0 Å². The fourth-order valence-electron chi connectivity index (χ4n) is 2.26. The molecule has 0 aromatic heterocycles. The van der Waals surface area contributed by atoms with E-state index in [1.807, 2.05) is 0 Å². The topological polar surface area (TPSA) is 29.1 Å². The smallest absolute Gasteiger partial charge is 0.241 e. The summed E-state index contributed by atoms with van der Waals surface area (Å²) in [7, 11) is 0. The lowest BCUT2D eigenvalue weighted by molar-refractivity contribution is -0.119. The van der Waals surface area contributed by atoms with E-state index in [4.69, 9.17) is 11.6 Å². The van der Waals surface area contributed by atoms with Gasteiger partial charge in [0.2, 0.25) is 5.91 Å². The van der Waals surface area contributed by atoms with Crippen LogP contribution >= 0.6 is 11.6 Å².